The molecule has 0 fully saturated rings. The van der Waals surface area contributed by atoms with E-state index in [9.17, 15) is 4.79 Å². The van der Waals surface area contributed by atoms with E-state index in [1.165, 1.54) is 0 Å². The third-order valence-electron chi connectivity index (χ3n) is 3.34. The lowest BCUT2D eigenvalue weighted by molar-refractivity contribution is -0.122. The zero-order valence-corrected chi connectivity index (χ0v) is 12.8. The van der Waals surface area contributed by atoms with Gasteiger partial charge in [0, 0.05) is 12.5 Å². The Kier molecular flexibility index (Phi) is 8.20. The highest BCUT2D eigenvalue weighted by Crippen LogP contribution is 2.25. The van der Waals surface area contributed by atoms with Crippen molar-refractivity contribution in [2.75, 3.05) is 13.2 Å². The van der Waals surface area contributed by atoms with Crippen molar-refractivity contribution in [3.63, 3.8) is 0 Å². The van der Waals surface area contributed by atoms with Crippen LogP contribution in [0.5, 0.6) is 0 Å². The number of ether oxygens (including phenoxy) is 1. The molecule has 0 bridgehead atoms. The van der Waals surface area contributed by atoms with Gasteiger partial charge in [0.2, 0.25) is 5.91 Å². The summed E-state index contributed by atoms with van der Waals surface area (Å²) in [4.78, 5) is 11.3. The molecule has 1 atom stereocenters. The fraction of sp³-hybridized carbons (Fsp3) is 0.929. The van der Waals surface area contributed by atoms with Crippen molar-refractivity contribution in [2.24, 2.45) is 11.3 Å². The number of rotatable bonds is 9. The minimum Gasteiger partial charge on any atom is -0.379 e. The van der Waals surface area contributed by atoms with E-state index >= 15 is 0 Å². The Labute approximate surface area is 112 Å². The van der Waals surface area contributed by atoms with Crippen molar-refractivity contribution < 1.29 is 9.53 Å². The van der Waals surface area contributed by atoms with E-state index in [-0.39, 0.29) is 17.4 Å². The van der Waals surface area contributed by atoms with Crippen LogP contribution >= 0.6 is 0 Å². The summed E-state index contributed by atoms with van der Waals surface area (Å²) >= 11 is 0. The zero-order valence-electron chi connectivity index (χ0n) is 12.8. The molecule has 0 saturated heterocycles. The largest absolute Gasteiger partial charge is 0.379 e. The predicted molar refractivity (Wildman–Crippen MR) is 75.1 cm³/mol. The molecule has 0 spiro atoms. The molecule has 18 heavy (non-hydrogen) atoms. The minimum atomic E-state index is 0.0341. The zero-order chi connectivity index (χ0) is 14.2. The molecule has 0 aromatic rings. The topological polar surface area (TPSA) is 50.4 Å². The van der Waals surface area contributed by atoms with Gasteiger partial charge in [0.05, 0.1) is 13.2 Å². The third-order valence-corrected chi connectivity index (χ3v) is 3.34. The summed E-state index contributed by atoms with van der Waals surface area (Å²) < 4.78 is 5.70. The van der Waals surface area contributed by atoms with Crippen molar-refractivity contribution in [1.82, 2.24) is 10.9 Å². The molecule has 4 heteroatoms. The molecule has 0 saturated carbocycles. The summed E-state index contributed by atoms with van der Waals surface area (Å²) in [6.45, 7) is 14.1. The van der Waals surface area contributed by atoms with Gasteiger partial charge in [-0.05, 0) is 24.7 Å². The molecule has 0 aromatic heterocycles. The summed E-state index contributed by atoms with van der Waals surface area (Å²) in [5.74, 6) is 0.622. The molecule has 0 heterocycles. The minimum absolute atomic E-state index is 0.0341. The van der Waals surface area contributed by atoms with Crippen LogP contribution in [0, 0.1) is 11.3 Å². The molecule has 0 aliphatic carbocycles. The lowest BCUT2D eigenvalue weighted by Crippen LogP contribution is -2.45. The van der Waals surface area contributed by atoms with E-state index in [1.807, 2.05) is 13.8 Å². The fourth-order valence-electron chi connectivity index (χ4n) is 1.20. The van der Waals surface area contributed by atoms with Crippen LogP contribution in [0.15, 0.2) is 0 Å². The van der Waals surface area contributed by atoms with E-state index in [2.05, 4.69) is 38.5 Å². The van der Waals surface area contributed by atoms with Gasteiger partial charge in [0.15, 0.2) is 0 Å². The SMILES string of the molecule is CCCC(=O)NNC(C)COCC(C)(C)C(C)C. The number of carbonyl (C=O) groups excluding carboxylic acids is 1. The van der Waals surface area contributed by atoms with Gasteiger partial charge < -0.3 is 4.74 Å². The van der Waals surface area contributed by atoms with Crippen molar-refractivity contribution >= 4 is 5.91 Å². The van der Waals surface area contributed by atoms with Crippen LogP contribution in [-0.2, 0) is 9.53 Å². The Bertz CT molecular complexity index is 240. The maximum absolute atomic E-state index is 11.3. The number of carbonyl (C=O) groups is 1. The summed E-state index contributed by atoms with van der Waals surface area (Å²) in [7, 11) is 0. The number of amides is 1. The van der Waals surface area contributed by atoms with Gasteiger partial charge in [-0.15, -0.1) is 0 Å². The number of hydrogen-bond acceptors (Lipinski definition) is 3. The first-order valence-electron chi connectivity index (χ1n) is 6.91. The first-order chi connectivity index (χ1) is 8.29. The second-order valence-electron chi connectivity index (χ2n) is 6.00. The predicted octanol–water partition coefficient (Wildman–Crippen LogP) is 2.49. The molecule has 0 rings (SSSR count). The Balaban J connectivity index is 3.71. The maximum Gasteiger partial charge on any atom is 0.234 e. The monoisotopic (exact) mass is 258 g/mol. The van der Waals surface area contributed by atoms with Crippen LogP contribution in [0.1, 0.15) is 54.4 Å². The average Bonchev–Trinajstić information content (AvgIpc) is 2.26. The molecule has 0 aromatic carbocycles. The second-order valence-corrected chi connectivity index (χ2v) is 6.00. The first-order valence-corrected chi connectivity index (χ1v) is 6.91. The van der Waals surface area contributed by atoms with Crippen LogP contribution in [-0.4, -0.2) is 25.2 Å². The van der Waals surface area contributed by atoms with E-state index in [0.29, 0.717) is 18.9 Å². The van der Waals surface area contributed by atoms with Gasteiger partial charge in [-0.25, -0.2) is 5.43 Å². The van der Waals surface area contributed by atoms with Crippen molar-refractivity contribution in [2.45, 2.75) is 60.4 Å². The molecule has 0 aliphatic heterocycles. The Morgan fingerprint density at radius 3 is 2.39 bits per heavy atom. The summed E-state index contributed by atoms with van der Waals surface area (Å²) in [5.41, 5.74) is 5.83. The van der Waals surface area contributed by atoms with Crippen molar-refractivity contribution in [1.29, 1.82) is 0 Å². The molecule has 4 nitrogen and oxygen atoms in total. The van der Waals surface area contributed by atoms with Crippen LogP contribution in [0.2, 0.25) is 0 Å². The van der Waals surface area contributed by atoms with Crippen LogP contribution < -0.4 is 10.9 Å². The lowest BCUT2D eigenvalue weighted by Gasteiger charge is -2.29. The number of nitrogens with one attached hydrogen (secondary N) is 2. The van der Waals surface area contributed by atoms with Crippen LogP contribution in [0.4, 0.5) is 0 Å². The second kappa shape index (κ2) is 8.48. The maximum atomic E-state index is 11.3. The highest BCUT2D eigenvalue weighted by molar-refractivity contribution is 5.75. The Morgan fingerprint density at radius 2 is 1.89 bits per heavy atom. The van der Waals surface area contributed by atoms with E-state index in [4.69, 9.17) is 4.74 Å². The van der Waals surface area contributed by atoms with Crippen molar-refractivity contribution in [3.05, 3.63) is 0 Å². The van der Waals surface area contributed by atoms with Gasteiger partial charge >= 0.3 is 0 Å². The van der Waals surface area contributed by atoms with Crippen LogP contribution in [0.3, 0.4) is 0 Å². The van der Waals surface area contributed by atoms with E-state index < -0.39 is 0 Å². The van der Waals surface area contributed by atoms with Gasteiger partial charge in [-0.3, -0.25) is 10.2 Å². The number of hydrazine groups is 1. The molecule has 0 radical (unpaired) electrons. The molecule has 0 aliphatic rings. The summed E-state index contributed by atoms with van der Waals surface area (Å²) in [6.07, 6.45) is 1.42. The van der Waals surface area contributed by atoms with Gasteiger partial charge in [-0.2, -0.15) is 0 Å². The lowest BCUT2D eigenvalue weighted by atomic mass is 9.82. The standard InChI is InChI=1S/C14H30N2O2/c1-7-8-13(17)16-15-12(4)9-18-10-14(5,6)11(2)3/h11-12,15H,7-10H2,1-6H3,(H,16,17). The molecule has 1 unspecified atom stereocenters. The van der Waals surface area contributed by atoms with E-state index in [0.717, 1.165) is 13.0 Å². The fourth-order valence-corrected chi connectivity index (χ4v) is 1.20. The van der Waals surface area contributed by atoms with Gasteiger partial charge in [-0.1, -0.05) is 34.6 Å². The number of hydrogen-bond donors (Lipinski definition) is 2. The van der Waals surface area contributed by atoms with Gasteiger partial charge in [0.1, 0.15) is 0 Å². The van der Waals surface area contributed by atoms with Crippen LogP contribution in [0.25, 0.3) is 0 Å². The summed E-state index contributed by atoms with van der Waals surface area (Å²) in [6, 6.07) is 0.119. The normalized spacial score (nSPS) is 13.7. The summed E-state index contributed by atoms with van der Waals surface area (Å²) in [5, 5.41) is 0. The quantitative estimate of drug-likeness (QED) is 0.625. The van der Waals surface area contributed by atoms with Gasteiger partial charge in [0.25, 0.3) is 0 Å². The van der Waals surface area contributed by atoms with Crippen molar-refractivity contribution in [3.8, 4) is 0 Å². The molecule has 2 N–H and O–H groups in total. The Morgan fingerprint density at radius 1 is 1.28 bits per heavy atom. The molecular formula is C14H30N2O2. The highest BCUT2D eigenvalue weighted by atomic mass is 16.5. The smallest absolute Gasteiger partial charge is 0.234 e. The molecule has 108 valence electrons. The molecule has 1 amide bonds. The first kappa shape index (κ1) is 17.4. The average molecular weight is 258 g/mol. The van der Waals surface area contributed by atoms with E-state index in [1.54, 1.807) is 0 Å². The third kappa shape index (κ3) is 7.67. The highest BCUT2D eigenvalue weighted by Gasteiger charge is 2.22. The molecular weight excluding hydrogens is 228 g/mol. The Hall–Kier alpha value is -0.610.